The quantitative estimate of drug-likeness (QED) is 0.0409. The maximum Gasteiger partial charge on any atom is 0.337 e. The van der Waals surface area contributed by atoms with E-state index in [1.807, 2.05) is 194 Å². The van der Waals surface area contributed by atoms with Crippen molar-refractivity contribution in [3.05, 3.63) is 286 Å². The minimum atomic E-state index is -2.87. The zero-order valence-electron chi connectivity index (χ0n) is 78.6. The Bertz CT molecular complexity index is 6710. The Morgan fingerprint density at radius 1 is 0.293 bits per heavy atom. The van der Waals surface area contributed by atoms with E-state index < -0.39 is 96.4 Å². The Kier molecular flexibility index (Phi) is 27.0. The Balaban J connectivity index is 0.000000129. The van der Waals surface area contributed by atoms with Crippen molar-refractivity contribution >= 4 is 111 Å². The van der Waals surface area contributed by atoms with Gasteiger partial charge in [-0.1, -0.05) is 121 Å². The first-order chi connectivity index (χ1) is 66.7. The number of halogens is 8. The SMILES string of the molecule is Cc1cc2ccccc2c(-c2ccc3c4c(ccnc24)CCO3)c1[C@@H](OC(C)(C)C(F)F)C(=O)O.Cc1cc2ccccc2c(-c2ccc3c4c(ccnc24)CCO3)c1[C@@H](OC(C)(C)C(F)F)C(=O)O.Cc1cc2ccccc2c(-c2ccc3c4c(ccnc24)CCO3)c1[C@H](OC(C)(C)C(F)F)C(=O)O.Cc1cc2ccccc2c(-c2ccc3c4c(ccnc24)CCO3)c1[C@H](OC(C)(C)C(F)F)C(=O)O. The van der Waals surface area contributed by atoms with Crippen LogP contribution in [0.15, 0.2) is 219 Å². The highest BCUT2D eigenvalue weighted by Gasteiger charge is 2.45. The summed E-state index contributed by atoms with van der Waals surface area (Å²) >= 11 is 0. The number of carboxylic acids is 4. The summed E-state index contributed by atoms with van der Waals surface area (Å²) in [5.74, 6) is -2.45. The fraction of sp³-hybridized carbons (Fsp3) is 0.286. The first kappa shape index (κ1) is 97.3. The number of aromatic nitrogens is 4. The Hall–Kier alpha value is -14.3. The number of hydrogen-bond acceptors (Lipinski definition) is 16. The van der Waals surface area contributed by atoms with Crippen LogP contribution in [-0.4, -0.2) is 139 Å². The molecule has 4 aromatic heterocycles. The van der Waals surface area contributed by atoms with Gasteiger partial charge in [-0.3, -0.25) is 19.9 Å². The van der Waals surface area contributed by atoms with Gasteiger partial charge in [0, 0.05) is 117 Å². The van der Waals surface area contributed by atoms with Gasteiger partial charge in [-0.15, -0.1) is 0 Å². The Morgan fingerprint density at radius 3 is 0.671 bits per heavy atom. The second-order valence-electron chi connectivity index (χ2n) is 37.4. The highest BCUT2D eigenvalue weighted by molar-refractivity contribution is 6.14. The van der Waals surface area contributed by atoms with Crippen LogP contribution in [0.4, 0.5) is 35.1 Å². The molecule has 4 aliphatic rings. The maximum absolute atomic E-state index is 13.7. The van der Waals surface area contributed by atoms with Crippen LogP contribution in [0.3, 0.4) is 0 Å². The summed E-state index contributed by atoms with van der Waals surface area (Å²) in [4.78, 5) is 68.6. The number of carbonyl (C=O) groups is 4. The summed E-state index contributed by atoms with van der Waals surface area (Å²) in [5, 5.41) is 51.0. The number of hydrogen-bond donors (Lipinski definition) is 4. The third-order valence-corrected chi connectivity index (χ3v) is 26.3. The number of benzene rings is 12. The number of alkyl halides is 8. The van der Waals surface area contributed by atoms with Crippen LogP contribution in [0.25, 0.3) is 131 Å². The van der Waals surface area contributed by atoms with Crippen molar-refractivity contribution in [3.63, 3.8) is 0 Å². The van der Waals surface area contributed by atoms with E-state index in [1.165, 1.54) is 55.4 Å². The van der Waals surface area contributed by atoms with Crippen molar-refractivity contribution < 1.29 is 113 Å². The standard InChI is InChI=1S/4C28H25F2NO4/c4*1-15-14-17-6-4-5-7-18(17)23(21(15)25(26(32)33)35-28(2,3)27(29)30)19-8-9-20-22-16(11-13-34-20)10-12-31-24(19)22/h4*4-10,12,14,25,27H,11,13H2,1-3H3,(H,32,33)/t4*25-/m1100/s1. The molecule has 0 spiro atoms. The molecular formula is C112H100F8N4O16. The largest absolute Gasteiger partial charge is 0.493 e. The van der Waals surface area contributed by atoms with Crippen LogP contribution in [0.2, 0.25) is 0 Å². The van der Waals surface area contributed by atoms with E-state index in [0.29, 0.717) is 138 Å². The molecule has 4 N–H and O–H groups in total. The van der Waals surface area contributed by atoms with Crippen LogP contribution < -0.4 is 18.9 Å². The monoisotopic (exact) mass is 1910 g/mol. The predicted octanol–water partition coefficient (Wildman–Crippen LogP) is 25.9. The summed E-state index contributed by atoms with van der Waals surface area (Å²) in [5.41, 5.74) is 8.36. The van der Waals surface area contributed by atoms with Crippen molar-refractivity contribution in [3.8, 4) is 67.5 Å². The normalized spacial score (nSPS) is 14.3. The summed E-state index contributed by atoms with van der Waals surface area (Å²) in [7, 11) is 0. The van der Waals surface area contributed by atoms with E-state index in [4.69, 9.17) is 37.9 Å². The van der Waals surface area contributed by atoms with Crippen LogP contribution in [0.1, 0.15) is 147 Å². The van der Waals surface area contributed by atoms with E-state index in [9.17, 15) is 74.7 Å². The lowest BCUT2D eigenvalue weighted by molar-refractivity contribution is -0.181. The van der Waals surface area contributed by atoms with E-state index in [-0.39, 0.29) is 0 Å². The van der Waals surface area contributed by atoms with Gasteiger partial charge in [0.25, 0.3) is 25.7 Å². The zero-order valence-corrected chi connectivity index (χ0v) is 78.6. The molecule has 0 bridgehead atoms. The van der Waals surface area contributed by atoms with Gasteiger partial charge in [0.1, 0.15) is 45.4 Å². The van der Waals surface area contributed by atoms with Gasteiger partial charge in [0.05, 0.1) is 48.5 Å². The minimum absolute atomic E-state index is 0.337. The smallest absolute Gasteiger partial charge is 0.337 e. The molecule has 0 fully saturated rings. The number of pyridine rings is 4. The van der Waals surface area contributed by atoms with Gasteiger partial charge < -0.3 is 58.3 Å². The maximum atomic E-state index is 13.7. The number of aryl methyl sites for hydroxylation is 4. The number of carboxylic acid groups (broad SMARTS) is 4. The van der Waals surface area contributed by atoms with Gasteiger partial charge in [-0.25, -0.2) is 54.3 Å². The number of ether oxygens (including phenoxy) is 8. The van der Waals surface area contributed by atoms with Gasteiger partial charge in [0.15, 0.2) is 24.4 Å². The van der Waals surface area contributed by atoms with Crippen molar-refractivity contribution in [1.29, 1.82) is 0 Å². The van der Waals surface area contributed by atoms with Gasteiger partial charge in [-0.2, -0.15) is 0 Å². The van der Waals surface area contributed by atoms with Crippen LogP contribution in [0, 0.1) is 27.7 Å². The number of aliphatic carboxylic acids is 4. The fourth-order valence-corrected chi connectivity index (χ4v) is 19.3. The minimum Gasteiger partial charge on any atom is -0.493 e. The molecule has 720 valence electrons. The molecule has 8 heterocycles. The molecule has 16 aromatic rings. The lowest BCUT2D eigenvalue weighted by atomic mass is 9.85. The lowest BCUT2D eigenvalue weighted by Gasteiger charge is -2.31. The summed E-state index contributed by atoms with van der Waals surface area (Å²) < 4.78 is 156. The van der Waals surface area contributed by atoms with Gasteiger partial charge in [-0.05, 0) is 266 Å². The van der Waals surface area contributed by atoms with Crippen LogP contribution >= 0.6 is 0 Å². The van der Waals surface area contributed by atoms with E-state index >= 15 is 0 Å². The number of fused-ring (bicyclic) bond motifs is 4. The van der Waals surface area contributed by atoms with Gasteiger partial charge in [0.2, 0.25) is 0 Å². The molecule has 12 aromatic carbocycles. The Labute approximate surface area is 799 Å². The van der Waals surface area contributed by atoms with Crippen molar-refractivity contribution in [2.45, 2.75) is 181 Å². The Morgan fingerprint density at radius 2 is 0.486 bits per heavy atom. The van der Waals surface area contributed by atoms with Crippen LogP contribution in [-0.2, 0) is 63.8 Å². The average Bonchev–Trinajstić information content (AvgIpc) is 0.743. The molecule has 20 nitrogen and oxygen atoms in total. The van der Waals surface area contributed by atoms with Crippen molar-refractivity contribution in [1.82, 2.24) is 19.9 Å². The van der Waals surface area contributed by atoms with Crippen LogP contribution in [0.5, 0.6) is 23.0 Å². The summed E-state index contributed by atoms with van der Waals surface area (Å²) in [6, 6.07) is 60.7. The third kappa shape index (κ3) is 18.4. The fourth-order valence-electron chi connectivity index (χ4n) is 19.3. The molecule has 4 aliphatic heterocycles. The molecule has 28 heteroatoms. The molecular weight excluding hydrogens is 1810 g/mol. The summed E-state index contributed by atoms with van der Waals surface area (Å²) in [6.07, 6.45) is -8.03. The van der Waals surface area contributed by atoms with Gasteiger partial charge >= 0.3 is 23.9 Å². The second kappa shape index (κ2) is 38.8. The average molecular weight is 1910 g/mol. The highest BCUT2D eigenvalue weighted by Crippen LogP contribution is 2.53. The number of nitrogens with zero attached hydrogens (tertiary/aromatic N) is 4. The molecule has 0 amide bonds. The second-order valence-corrected chi connectivity index (χ2v) is 37.4. The lowest BCUT2D eigenvalue weighted by Crippen LogP contribution is -2.37. The zero-order chi connectivity index (χ0) is 99.6. The molecule has 140 heavy (non-hydrogen) atoms. The molecule has 4 atom stereocenters. The molecule has 0 saturated heterocycles. The topological polar surface area (TPSA) is 275 Å². The molecule has 0 radical (unpaired) electrons. The molecule has 0 unspecified atom stereocenters. The molecule has 0 aliphatic carbocycles. The molecule has 20 rings (SSSR count). The first-order valence-electron chi connectivity index (χ1n) is 45.7. The van der Waals surface area contributed by atoms with E-state index in [0.717, 1.165) is 136 Å². The predicted molar refractivity (Wildman–Crippen MR) is 521 cm³/mol. The van der Waals surface area contributed by atoms with Crippen molar-refractivity contribution in [2.75, 3.05) is 26.4 Å². The van der Waals surface area contributed by atoms with E-state index in [1.54, 1.807) is 52.5 Å². The first-order valence-corrected chi connectivity index (χ1v) is 45.7. The van der Waals surface area contributed by atoms with Crippen molar-refractivity contribution in [2.24, 2.45) is 0 Å². The number of rotatable bonds is 24. The van der Waals surface area contributed by atoms with E-state index in [2.05, 4.69) is 19.9 Å². The highest BCUT2D eigenvalue weighted by atomic mass is 19.3. The summed E-state index contributed by atoms with van der Waals surface area (Å²) in [6.45, 7) is 19.0. The molecule has 0 saturated carbocycles. The third-order valence-electron chi connectivity index (χ3n) is 26.3.